The average molecular weight is 638 g/mol. The van der Waals surface area contributed by atoms with Crippen LogP contribution >= 0.6 is 0 Å². The number of oxime groups is 1. The summed E-state index contributed by atoms with van der Waals surface area (Å²) in [6.45, 7) is 11.3. The van der Waals surface area contributed by atoms with Gasteiger partial charge >= 0.3 is 7.12 Å². The molecule has 2 N–H and O–H groups in total. The van der Waals surface area contributed by atoms with E-state index < -0.39 is 12.7 Å². The molecule has 47 heavy (non-hydrogen) atoms. The van der Waals surface area contributed by atoms with Gasteiger partial charge in [0.05, 0.1) is 47.2 Å². The van der Waals surface area contributed by atoms with Crippen molar-refractivity contribution in [1.82, 2.24) is 20.8 Å². The molecular weight excluding hydrogens is 593 g/mol. The summed E-state index contributed by atoms with van der Waals surface area (Å²) in [7, 11) is -0.551. The number of hydrogen-bond acceptors (Lipinski definition) is 8. The fraction of sp³-hybridized carbons (Fsp3) is 0.528. The molecule has 2 aromatic carbocycles. The van der Waals surface area contributed by atoms with E-state index in [2.05, 4.69) is 60.6 Å². The first-order chi connectivity index (χ1) is 22.5. The van der Waals surface area contributed by atoms with Crippen molar-refractivity contribution in [3.05, 3.63) is 71.9 Å². The molecule has 6 atom stereocenters. The van der Waals surface area contributed by atoms with Gasteiger partial charge in [0.1, 0.15) is 0 Å². The van der Waals surface area contributed by atoms with E-state index in [-0.39, 0.29) is 47.8 Å². The highest BCUT2D eigenvalue weighted by atomic mass is 16.7. The van der Waals surface area contributed by atoms with Crippen LogP contribution < -0.4 is 10.6 Å². The van der Waals surface area contributed by atoms with Crippen molar-refractivity contribution in [2.24, 2.45) is 28.3 Å². The molecule has 0 radical (unpaired) electrons. The van der Waals surface area contributed by atoms with Gasteiger partial charge in [-0.1, -0.05) is 81.4 Å². The minimum Gasteiger partial charge on any atom is -0.404 e. The van der Waals surface area contributed by atoms with Crippen LogP contribution in [0.15, 0.2) is 65.9 Å². The van der Waals surface area contributed by atoms with Gasteiger partial charge < -0.3 is 24.8 Å². The molecule has 5 aliphatic rings. The second-order valence-electron chi connectivity index (χ2n) is 15.1. The number of amides is 2. The number of fused-ring (bicyclic) bond motifs is 1. The molecule has 10 nitrogen and oxygen atoms in total. The molecule has 246 valence electrons. The summed E-state index contributed by atoms with van der Waals surface area (Å²) in [5, 5.41) is 19.4. The minimum atomic E-state index is -1.29. The highest BCUT2D eigenvalue weighted by molar-refractivity contribution is 6.48. The summed E-state index contributed by atoms with van der Waals surface area (Å²) in [6.07, 6.45) is 4.85. The van der Waals surface area contributed by atoms with Crippen LogP contribution in [-0.4, -0.2) is 64.6 Å². The lowest BCUT2D eigenvalue weighted by Crippen LogP contribution is -2.65. The molecule has 1 aromatic heterocycles. The molecular formula is C36H44BN5O5. The molecule has 2 aliphatic heterocycles. The van der Waals surface area contributed by atoms with Crippen LogP contribution in [0.25, 0.3) is 10.9 Å². The Morgan fingerprint density at radius 2 is 1.81 bits per heavy atom. The Morgan fingerprint density at radius 3 is 2.57 bits per heavy atom. The van der Waals surface area contributed by atoms with Crippen molar-refractivity contribution < 1.29 is 23.7 Å². The van der Waals surface area contributed by atoms with E-state index in [0.717, 1.165) is 18.4 Å². The predicted molar refractivity (Wildman–Crippen MR) is 179 cm³/mol. The van der Waals surface area contributed by atoms with E-state index >= 15 is 0 Å². The third kappa shape index (κ3) is 5.71. The van der Waals surface area contributed by atoms with Crippen molar-refractivity contribution in [2.75, 3.05) is 6.54 Å². The molecule has 2 amide bonds. The van der Waals surface area contributed by atoms with E-state index in [0.29, 0.717) is 52.8 Å². The summed E-state index contributed by atoms with van der Waals surface area (Å²) in [5.41, 5.74) is 1.14. The Labute approximate surface area is 276 Å². The fourth-order valence-corrected chi connectivity index (χ4v) is 8.45. The van der Waals surface area contributed by atoms with Crippen LogP contribution in [0.3, 0.4) is 0 Å². The van der Waals surface area contributed by atoms with E-state index in [1.165, 1.54) is 6.20 Å². The van der Waals surface area contributed by atoms with E-state index in [9.17, 15) is 9.59 Å². The smallest absolute Gasteiger partial charge is 0.404 e. The van der Waals surface area contributed by atoms with Gasteiger partial charge in [0.25, 0.3) is 11.8 Å². The Hall–Kier alpha value is -3.83. The maximum Gasteiger partial charge on any atom is 0.481 e. The molecule has 11 heteroatoms. The van der Waals surface area contributed by atoms with Gasteiger partial charge in [0.2, 0.25) is 5.60 Å². The quantitative estimate of drug-likeness (QED) is 0.303. The monoisotopic (exact) mass is 637 g/mol. The highest BCUT2D eigenvalue weighted by Gasteiger charge is 2.68. The molecule has 8 rings (SSSR count). The summed E-state index contributed by atoms with van der Waals surface area (Å²) >= 11 is 0. The predicted octanol–water partition coefficient (Wildman–Crippen LogP) is 4.92. The van der Waals surface area contributed by atoms with Crippen LogP contribution in [0.1, 0.15) is 76.2 Å². The van der Waals surface area contributed by atoms with Crippen LogP contribution in [0, 0.1) is 23.2 Å². The number of nitrogens with one attached hydrogen (secondary N) is 2. The topological polar surface area (TPSA) is 124 Å². The molecule has 3 aromatic rings. The van der Waals surface area contributed by atoms with Crippen molar-refractivity contribution >= 4 is 35.5 Å². The molecule has 2 bridgehead atoms. The van der Waals surface area contributed by atoms with Crippen LogP contribution in [0.4, 0.5) is 0 Å². The normalized spacial score (nSPS) is 29.4. The highest BCUT2D eigenvalue weighted by Crippen LogP contribution is 2.65. The van der Waals surface area contributed by atoms with Gasteiger partial charge in [0, 0.05) is 18.2 Å². The van der Waals surface area contributed by atoms with Crippen LogP contribution in [0.5, 0.6) is 0 Å². The molecule has 1 unspecified atom stereocenters. The molecule has 3 saturated carbocycles. The van der Waals surface area contributed by atoms with Gasteiger partial charge in [-0.2, -0.15) is 10.2 Å². The number of carbonyl (C=O) groups is 2. The van der Waals surface area contributed by atoms with Crippen molar-refractivity contribution in [3.63, 3.8) is 0 Å². The zero-order chi connectivity index (χ0) is 33.0. The van der Waals surface area contributed by atoms with Crippen LogP contribution in [-0.2, 0) is 25.4 Å². The number of nitrogens with zero attached hydrogens (tertiary/aromatic N) is 3. The summed E-state index contributed by atoms with van der Waals surface area (Å²) in [4.78, 5) is 33.7. The van der Waals surface area contributed by atoms with E-state index in [1.54, 1.807) is 0 Å². The van der Waals surface area contributed by atoms with Gasteiger partial charge in [-0.25, -0.2) is 0 Å². The number of carbonyl (C=O) groups excluding carboxylic acids is 2. The second-order valence-corrected chi connectivity index (χ2v) is 15.1. The minimum absolute atomic E-state index is 0.0168. The van der Waals surface area contributed by atoms with Crippen molar-refractivity contribution in [3.8, 4) is 0 Å². The van der Waals surface area contributed by atoms with Crippen molar-refractivity contribution in [1.29, 1.82) is 0 Å². The Balaban J connectivity index is 1.08. The zero-order valence-corrected chi connectivity index (χ0v) is 27.9. The fourth-order valence-electron chi connectivity index (χ4n) is 8.45. The van der Waals surface area contributed by atoms with E-state index in [4.69, 9.17) is 14.1 Å². The van der Waals surface area contributed by atoms with Gasteiger partial charge in [-0.15, -0.1) is 0 Å². The maximum absolute atomic E-state index is 14.4. The Kier molecular flexibility index (Phi) is 8.11. The van der Waals surface area contributed by atoms with Gasteiger partial charge in [0.15, 0.2) is 0 Å². The van der Waals surface area contributed by atoms with Crippen LogP contribution in [0.2, 0.25) is 0 Å². The number of aromatic nitrogens is 2. The third-order valence-electron chi connectivity index (χ3n) is 11.2. The Bertz CT molecular complexity index is 1700. The third-order valence-corrected chi connectivity index (χ3v) is 11.2. The molecule has 1 saturated heterocycles. The first kappa shape index (κ1) is 31.8. The standard InChI is InChI=1S/C36H44BN5O5/c1-22(2)15-31(37-45-30-17-24-16-29(34(24,3)4)35(30,5)46-37)40-33(44)36(18-23-11-7-6-8-12-23)19-25(42-47-36)20-38-32(43)27-21-39-41-28-14-10-9-13-26(27)28/h6-14,21-22,24,29-31H,15-20H2,1-5H3,(H,38,43)(H,40,44)/t24-,29-,30+,31-,35-,36?/m0/s1. The molecule has 0 spiro atoms. The number of hydrogen-bond donors (Lipinski definition) is 2. The largest absolute Gasteiger partial charge is 0.481 e. The van der Waals surface area contributed by atoms with E-state index in [1.807, 2.05) is 54.6 Å². The average Bonchev–Trinajstić information content (AvgIpc) is 3.64. The molecule has 3 aliphatic carbocycles. The molecule has 4 fully saturated rings. The summed E-state index contributed by atoms with van der Waals surface area (Å²) in [6, 6.07) is 17.2. The summed E-state index contributed by atoms with van der Waals surface area (Å²) in [5.74, 6) is 0.428. The van der Waals surface area contributed by atoms with Crippen molar-refractivity contribution in [2.45, 2.75) is 90.0 Å². The first-order valence-corrected chi connectivity index (χ1v) is 16.9. The SMILES string of the molecule is CC(C)C[C@H](NC(=O)C1(Cc2ccccc2)CC(CNC(=O)c2cnnc3ccccc23)=NO1)B1O[C@@H]2C[C@@H]3C[C@@H](C3(C)C)[C@]2(C)O1. The second kappa shape index (κ2) is 12.0. The van der Waals surface area contributed by atoms with Gasteiger partial charge in [-0.05, 0) is 61.0 Å². The first-order valence-electron chi connectivity index (χ1n) is 16.9. The molecule has 3 heterocycles. The lowest BCUT2D eigenvalue weighted by Gasteiger charge is -2.64. The lowest BCUT2D eigenvalue weighted by molar-refractivity contribution is -0.199. The zero-order valence-electron chi connectivity index (χ0n) is 27.9. The number of benzene rings is 2. The lowest BCUT2D eigenvalue weighted by atomic mass is 9.43. The summed E-state index contributed by atoms with van der Waals surface area (Å²) < 4.78 is 13.4. The Morgan fingerprint density at radius 1 is 1.04 bits per heavy atom. The number of rotatable bonds is 10. The van der Waals surface area contributed by atoms with Gasteiger partial charge in [-0.3, -0.25) is 9.59 Å². The maximum atomic E-state index is 14.4.